The maximum Gasteiger partial charge on any atom is 0.417 e. The first-order valence-corrected chi connectivity index (χ1v) is 10.3. The summed E-state index contributed by atoms with van der Waals surface area (Å²) in [6, 6.07) is 4.20. The molecular weight excluding hydrogens is 481 g/mol. The van der Waals surface area contributed by atoms with Crippen molar-refractivity contribution in [3.8, 4) is 5.75 Å². The molecule has 1 saturated heterocycles. The molecule has 0 radical (unpaired) electrons. The van der Waals surface area contributed by atoms with Crippen molar-refractivity contribution in [1.29, 1.82) is 0 Å². The van der Waals surface area contributed by atoms with Gasteiger partial charge in [-0.1, -0.05) is 6.07 Å². The molecule has 35 heavy (non-hydrogen) atoms. The van der Waals surface area contributed by atoms with Gasteiger partial charge in [0.05, 0.1) is 6.61 Å². The molecule has 2 heterocycles. The van der Waals surface area contributed by atoms with Crippen molar-refractivity contribution in [2.24, 2.45) is 5.73 Å². The minimum atomic E-state index is -4.88. The van der Waals surface area contributed by atoms with Crippen LogP contribution in [0.2, 0.25) is 0 Å². The fourth-order valence-electron chi connectivity index (χ4n) is 3.70. The van der Waals surface area contributed by atoms with Crippen LogP contribution in [0.5, 0.6) is 5.75 Å². The van der Waals surface area contributed by atoms with Gasteiger partial charge in [0.1, 0.15) is 18.4 Å². The third-order valence-corrected chi connectivity index (χ3v) is 5.51. The van der Waals surface area contributed by atoms with E-state index in [0.717, 1.165) is 25.1 Å². The molecule has 2 aromatic rings. The molecule has 1 aliphatic heterocycles. The van der Waals surface area contributed by atoms with Crippen molar-refractivity contribution in [2.45, 2.75) is 37.1 Å². The summed E-state index contributed by atoms with van der Waals surface area (Å²) >= 11 is 0. The van der Waals surface area contributed by atoms with Crippen molar-refractivity contribution in [3.05, 3.63) is 53.4 Å². The fraction of sp³-hybridized carbons (Fsp3) is 0.409. The average Bonchev–Trinajstić information content (AvgIpc) is 3.16. The number of nitrogens with zero attached hydrogens (tertiary/aromatic N) is 1. The second-order valence-electron chi connectivity index (χ2n) is 7.98. The number of hydrogen-bond acceptors (Lipinski definition) is 6. The lowest BCUT2D eigenvalue weighted by Gasteiger charge is -2.27. The number of nitrogens with two attached hydrogens (primary N) is 1. The van der Waals surface area contributed by atoms with E-state index in [4.69, 9.17) is 19.9 Å². The van der Waals surface area contributed by atoms with Gasteiger partial charge < -0.3 is 25.3 Å². The number of anilines is 1. The summed E-state index contributed by atoms with van der Waals surface area (Å²) in [5, 5.41) is 2.36. The van der Waals surface area contributed by atoms with E-state index in [-0.39, 0.29) is 30.2 Å². The van der Waals surface area contributed by atoms with Gasteiger partial charge in [-0.05, 0) is 31.5 Å². The van der Waals surface area contributed by atoms with Crippen LogP contribution in [0.3, 0.4) is 0 Å². The van der Waals surface area contributed by atoms with Crippen LogP contribution in [0.25, 0.3) is 0 Å². The highest BCUT2D eigenvalue weighted by Crippen LogP contribution is 2.51. The number of amides is 2. The molecule has 0 spiro atoms. The fourth-order valence-corrected chi connectivity index (χ4v) is 3.70. The Balaban J connectivity index is 2.01. The number of pyridine rings is 1. The van der Waals surface area contributed by atoms with Crippen molar-refractivity contribution in [2.75, 3.05) is 25.6 Å². The predicted molar refractivity (Wildman–Crippen MR) is 112 cm³/mol. The summed E-state index contributed by atoms with van der Waals surface area (Å²) in [5.74, 6) is -6.61. The van der Waals surface area contributed by atoms with Crippen LogP contribution < -0.4 is 15.8 Å². The maximum atomic E-state index is 14.6. The number of halogens is 5. The molecule has 0 bridgehead atoms. The Morgan fingerprint density at radius 1 is 1.26 bits per heavy atom. The molecule has 3 N–H and O–H groups in total. The zero-order chi connectivity index (χ0) is 26.0. The Morgan fingerprint density at radius 2 is 1.97 bits per heavy atom. The third-order valence-electron chi connectivity index (χ3n) is 5.51. The summed E-state index contributed by atoms with van der Waals surface area (Å²) in [6.45, 7) is 0.527. The third kappa shape index (κ3) is 5.51. The van der Waals surface area contributed by atoms with Crippen molar-refractivity contribution < 1.29 is 45.8 Å². The highest BCUT2D eigenvalue weighted by Gasteiger charge is 2.61. The van der Waals surface area contributed by atoms with Gasteiger partial charge in [0, 0.05) is 30.5 Å². The summed E-state index contributed by atoms with van der Waals surface area (Å²) in [4.78, 5) is 28.1. The molecular formula is C22H22F5N3O5. The summed E-state index contributed by atoms with van der Waals surface area (Å²) in [7, 11) is 1.34. The number of rotatable bonds is 8. The van der Waals surface area contributed by atoms with Crippen LogP contribution in [0, 0.1) is 11.6 Å². The first kappa shape index (κ1) is 26.3. The van der Waals surface area contributed by atoms with Gasteiger partial charge in [-0.2, -0.15) is 17.6 Å². The second-order valence-corrected chi connectivity index (χ2v) is 7.98. The van der Waals surface area contributed by atoms with Crippen LogP contribution in [0.4, 0.5) is 27.6 Å². The Morgan fingerprint density at radius 3 is 2.60 bits per heavy atom. The number of hydrogen-bond donors (Lipinski definition) is 2. The number of ether oxygens (including phenoxy) is 3. The molecule has 2 amide bonds. The number of carbonyl (C=O) groups excluding carboxylic acids is 2. The first-order valence-electron chi connectivity index (χ1n) is 10.3. The Hall–Kier alpha value is -3.32. The molecule has 0 aliphatic carbocycles. The molecule has 0 unspecified atom stereocenters. The number of nitrogens with one attached hydrogen (secondary N) is 1. The number of primary amides is 1. The molecule has 1 aromatic carbocycles. The summed E-state index contributed by atoms with van der Waals surface area (Å²) in [6.07, 6.45) is -6.27. The zero-order valence-electron chi connectivity index (χ0n) is 18.6. The van der Waals surface area contributed by atoms with Gasteiger partial charge in [0.2, 0.25) is 5.82 Å². The number of methoxy groups -OCH3 is 1. The van der Waals surface area contributed by atoms with Crippen LogP contribution in [-0.2, 0) is 14.3 Å². The summed E-state index contributed by atoms with van der Waals surface area (Å²) < 4.78 is 85.3. The van der Waals surface area contributed by atoms with E-state index in [1.54, 1.807) is 0 Å². The van der Waals surface area contributed by atoms with Crippen LogP contribution >= 0.6 is 0 Å². The van der Waals surface area contributed by atoms with Gasteiger partial charge in [0.15, 0.2) is 17.2 Å². The van der Waals surface area contributed by atoms with E-state index >= 15 is 0 Å². The van der Waals surface area contributed by atoms with Crippen LogP contribution in [0.15, 0.2) is 30.5 Å². The number of benzene rings is 1. The van der Waals surface area contributed by atoms with E-state index < -0.39 is 59.4 Å². The van der Waals surface area contributed by atoms with Gasteiger partial charge in [0.25, 0.3) is 11.8 Å². The maximum absolute atomic E-state index is 14.6. The van der Waals surface area contributed by atoms with Gasteiger partial charge in [-0.15, -0.1) is 0 Å². The monoisotopic (exact) mass is 503 g/mol. The largest absolute Gasteiger partial charge is 0.488 e. The second kappa shape index (κ2) is 10.1. The van der Waals surface area contributed by atoms with Crippen molar-refractivity contribution in [3.63, 3.8) is 0 Å². The topological polar surface area (TPSA) is 113 Å². The van der Waals surface area contributed by atoms with E-state index in [2.05, 4.69) is 10.3 Å². The average molecular weight is 503 g/mol. The van der Waals surface area contributed by atoms with E-state index in [1.807, 2.05) is 0 Å². The molecule has 1 fully saturated rings. The molecule has 1 aliphatic rings. The van der Waals surface area contributed by atoms with Gasteiger partial charge in [-0.25, -0.2) is 4.39 Å². The van der Waals surface area contributed by atoms with E-state index in [9.17, 15) is 31.5 Å². The molecule has 0 saturated carbocycles. The minimum absolute atomic E-state index is 0.00895. The molecule has 13 heteroatoms. The highest BCUT2D eigenvalue weighted by atomic mass is 19.4. The lowest BCUT2D eigenvalue weighted by Crippen LogP contribution is -2.43. The molecule has 1 aromatic heterocycles. The smallest absolute Gasteiger partial charge is 0.417 e. The quantitative estimate of drug-likeness (QED) is 0.422. The van der Waals surface area contributed by atoms with Crippen molar-refractivity contribution in [1.82, 2.24) is 4.98 Å². The Bertz CT molecular complexity index is 1110. The van der Waals surface area contributed by atoms with E-state index in [1.165, 1.54) is 19.4 Å². The lowest BCUT2D eigenvalue weighted by molar-refractivity contribution is -0.261. The molecule has 190 valence electrons. The van der Waals surface area contributed by atoms with Gasteiger partial charge >= 0.3 is 6.18 Å². The highest BCUT2D eigenvalue weighted by molar-refractivity contribution is 5.97. The normalized spacial score (nSPS) is 22.1. The van der Waals surface area contributed by atoms with Crippen LogP contribution in [0.1, 0.15) is 35.3 Å². The Labute approximate surface area is 196 Å². The first-order chi connectivity index (χ1) is 16.4. The summed E-state index contributed by atoms with van der Waals surface area (Å²) in [5.41, 5.74) is 2.03. The SMILES string of the molecule is COCCOc1c([C@@H]2C[C@](C)(C(F)(F)F)O[C@H]2C(=O)Nc2ccnc(C(N)=O)c2)ccc(F)c1F. The molecule has 3 rings (SSSR count). The van der Waals surface area contributed by atoms with Crippen molar-refractivity contribution >= 4 is 17.5 Å². The number of aromatic nitrogens is 1. The predicted octanol–water partition coefficient (Wildman–Crippen LogP) is 3.32. The lowest BCUT2D eigenvalue weighted by atomic mass is 9.85. The van der Waals surface area contributed by atoms with E-state index in [0.29, 0.717) is 0 Å². The minimum Gasteiger partial charge on any atom is -0.488 e. The standard InChI is InChI=1S/C22H22F5N3O5/c1-21(22(25,26)27)10-13(12-3-4-14(23)16(24)17(12)34-8-7-33-2)18(35-21)20(32)30-11-5-6-29-15(9-11)19(28)31/h3-6,9,13,18H,7-8,10H2,1-2H3,(H2,28,31)(H,29,30,32)/t13-,18+,21+/m0/s1. The zero-order valence-corrected chi connectivity index (χ0v) is 18.6. The number of carbonyl (C=O) groups is 2. The molecule has 3 atom stereocenters. The molecule has 8 nitrogen and oxygen atoms in total. The Kier molecular flexibility index (Phi) is 7.60. The van der Waals surface area contributed by atoms with Crippen LogP contribution in [-0.4, -0.2) is 55.0 Å². The van der Waals surface area contributed by atoms with Gasteiger partial charge in [-0.3, -0.25) is 14.6 Å². The number of alkyl halides is 3.